The Labute approximate surface area is 197 Å². The van der Waals surface area contributed by atoms with Gasteiger partial charge in [0.2, 0.25) is 0 Å². The van der Waals surface area contributed by atoms with Crippen molar-refractivity contribution in [3.63, 3.8) is 0 Å². The summed E-state index contributed by atoms with van der Waals surface area (Å²) < 4.78 is 35.1. The van der Waals surface area contributed by atoms with E-state index in [9.17, 15) is 18.4 Å². The Morgan fingerprint density at radius 2 is 2.03 bits per heavy atom. The number of hydrogen-bond acceptors (Lipinski definition) is 6. The predicted octanol–water partition coefficient (Wildman–Crippen LogP) is 5.19. The zero-order chi connectivity index (χ0) is 23.4. The number of hydrogen-bond donors (Lipinski definition) is 1. The highest BCUT2D eigenvalue weighted by atomic mass is 35.5. The highest BCUT2D eigenvalue weighted by molar-refractivity contribution is 8.26. The lowest BCUT2D eigenvalue weighted by Gasteiger charge is -2.16. The largest absolute Gasteiger partial charge is 0.490 e. The Hall–Kier alpha value is -2.69. The number of thiocarbonyl (C=S) groups is 1. The molecule has 1 saturated heterocycles. The standard InChI is InChI=1S/C21H17ClF2N2O4S2/c1-3-29-16-9-12(5-7-15(16)30-20(23)24)10-17-19(28)26(21(31)32-17)25-18(27)13-6-4-11(2)8-14(13)22/h4-10,20H,3H2,1-2H3,(H,25,27)/b17-10-. The van der Waals surface area contributed by atoms with Crippen molar-refractivity contribution in [3.8, 4) is 11.5 Å². The van der Waals surface area contributed by atoms with Gasteiger partial charge in [-0.2, -0.15) is 13.8 Å². The molecule has 2 amide bonds. The molecule has 1 aliphatic heterocycles. The number of amides is 2. The zero-order valence-corrected chi connectivity index (χ0v) is 19.2. The van der Waals surface area contributed by atoms with Crippen molar-refractivity contribution < 1.29 is 27.8 Å². The number of hydrazine groups is 1. The summed E-state index contributed by atoms with van der Waals surface area (Å²) >= 11 is 12.3. The van der Waals surface area contributed by atoms with Gasteiger partial charge in [-0.15, -0.1) is 0 Å². The molecule has 0 aromatic heterocycles. The van der Waals surface area contributed by atoms with E-state index in [4.69, 9.17) is 28.6 Å². The molecule has 0 saturated carbocycles. The lowest BCUT2D eigenvalue weighted by Crippen LogP contribution is -2.44. The van der Waals surface area contributed by atoms with E-state index in [0.717, 1.165) is 22.3 Å². The molecule has 0 atom stereocenters. The first-order valence-corrected chi connectivity index (χ1v) is 10.9. The van der Waals surface area contributed by atoms with Crippen LogP contribution < -0.4 is 14.9 Å². The smallest absolute Gasteiger partial charge is 0.387 e. The van der Waals surface area contributed by atoms with E-state index >= 15 is 0 Å². The van der Waals surface area contributed by atoms with Crippen LogP contribution in [-0.4, -0.2) is 34.4 Å². The molecule has 1 fully saturated rings. The maximum Gasteiger partial charge on any atom is 0.387 e. The van der Waals surface area contributed by atoms with Crippen LogP contribution in [0.5, 0.6) is 11.5 Å². The summed E-state index contributed by atoms with van der Waals surface area (Å²) in [6.07, 6.45) is 1.51. The topological polar surface area (TPSA) is 67.9 Å². The molecule has 3 rings (SSSR count). The fraction of sp³-hybridized carbons (Fsp3) is 0.190. The molecule has 0 spiro atoms. The van der Waals surface area contributed by atoms with E-state index in [-0.39, 0.29) is 37.9 Å². The van der Waals surface area contributed by atoms with Gasteiger partial charge in [0.1, 0.15) is 0 Å². The van der Waals surface area contributed by atoms with Gasteiger partial charge in [0, 0.05) is 0 Å². The second-order valence-corrected chi connectivity index (χ2v) is 8.54. The maximum atomic E-state index is 12.8. The second-order valence-electron chi connectivity index (χ2n) is 6.46. The van der Waals surface area contributed by atoms with Crippen LogP contribution in [0.25, 0.3) is 6.08 Å². The Kier molecular flexibility index (Phi) is 7.70. The van der Waals surface area contributed by atoms with Crippen molar-refractivity contribution in [1.82, 2.24) is 10.4 Å². The third kappa shape index (κ3) is 5.56. The first kappa shape index (κ1) is 24.0. The number of nitrogens with zero attached hydrogens (tertiary/aromatic N) is 1. The van der Waals surface area contributed by atoms with Gasteiger partial charge in [0.05, 0.1) is 22.1 Å². The first-order chi connectivity index (χ1) is 15.2. The molecule has 2 aromatic carbocycles. The third-order valence-corrected chi connectivity index (χ3v) is 5.77. The van der Waals surface area contributed by atoms with Crippen molar-refractivity contribution in [2.24, 2.45) is 0 Å². The molecule has 32 heavy (non-hydrogen) atoms. The van der Waals surface area contributed by atoms with Gasteiger partial charge in [-0.25, -0.2) is 0 Å². The van der Waals surface area contributed by atoms with Gasteiger partial charge in [-0.05, 0) is 67.5 Å². The molecular formula is C21H17ClF2N2O4S2. The number of benzene rings is 2. The number of thioether (sulfide) groups is 1. The molecule has 1 heterocycles. The minimum absolute atomic E-state index is 0.111. The summed E-state index contributed by atoms with van der Waals surface area (Å²) in [6, 6.07) is 9.21. The van der Waals surface area contributed by atoms with Crippen LogP contribution in [0.1, 0.15) is 28.4 Å². The van der Waals surface area contributed by atoms with E-state index in [1.807, 2.05) is 6.92 Å². The third-order valence-electron chi connectivity index (χ3n) is 4.16. The fourth-order valence-electron chi connectivity index (χ4n) is 2.76. The number of aryl methyl sites for hydroxylation is 1. The van der Waals surface area contributed by atoms with Crippen molar-refractivity contribution in [2.75, 3.05) is 6.61 Å². The maximum absolute atomic E-state index is 12.8. The van der Waals surface area contributed by atoms with Crippen LogP contribution in [0.4, 0.5) is 8.78 Å². The molecule has 0 unspecified atom stereocenters. The van der Waals surface area contributed by atoms with Gasteiger partial charge < -0.3 is 9.47 Å². The number of ether oxygens (including phenoxy) is 2. The first-order valence-electron chi connectivity index (χ1n) is 9.26. The minimum Gasteiger partial charge on any atom is -0.490 e. The predicted molar refractivity (Wildman–Crippen MR) is 123 cm³/mol. The van der Waals surface area contributed by atoms with E-state index < -0.39 is 18.4 Å². The molecule has 1 aliphatic rings. The SMILES string of the molecule is CCOc1cc(/C=C2\SC(=S)N(NC(=O)c3ccc(C)cc3Cl)C2=O)ccc1OC(F)F. The van der Waals surface area contributed by atoms with Crippen molar-refractivity contribution in [3.05, 3.63) is 63.0 Å². The Balaban J connectivity index is 1.80. The fourth-order valence-corrected chi connectivity index (χ4v) is 4.26. The van der Waals surface area contributed by atoms with E-state index in [1.54, 1.807) is 25.1 Å². The van der Waals surface area contributed by atoms with Crippen LogP contribution in [0.3, 0.4) is 0 Å². The Morgan fingerprint density at radius 1 is 1.28 bits per heavy atom. The monoisotopic (exact) mass is 498 g/mol. The van der Waals surface area contributed by atoms with Gasteiger partial charge in [-0.3, -0.25) is 15.0 Å². The van der Waals surface area contributed by atoms with E-state index in [1.165, 1.54) is 24.3 Å². The average molecular weight is 499 g/mol. The van der Waals surface area contributed by atoms with Crippen molar-refractivity contribution >= 4 is 57.8 Å². The van der Waals surface area contributed by atoms with Gasteiger partial charge in [0.25, 0.3) is 11.8 Å². The summed E-state index contributed by atoms with van der Waals surface area (Å²) in [4.78, 5) is 25.6. The number of carbonyl (C=O) groups is 2. The number of carbonyl (C=O) groups excluding carboxylic acids is 2. The van der Waals surface area contributed by atoms with Gasteiger partial charge >= 0.3 is 6.61 Å². The van der Waals surface area contributed by atoms with Crippen molar-refractivity contribution in [1.29, 1.82) is 0 Å². The highest BCUT2D eigenvalue weighted by Crippen LogP contribution is 2.35. The van der Waals surface area contributed by atoms with Crippen molar-refractivity contribution in [2.45, 2.75) is 20.5 Å². The molecule has 0 bridgehead atoms. The lowest BCUT2D eigenvalue weighted by molar-refractivity contribution is -0.123. The number of nitrogens with one attached hydrogen (secondary N) is 1. The molecule has 1 N–H and O–H groups in total. The van der Waals surface area contributed by atoms with Crippen LogP contribution >= 0.6 is 35.6 Å². The van der Waals surface area contributed by atoms with Crippen LogP contribution in [0.15, 0.2) is 41.3 Å². The molecule has 0 radical (unpaired) electrons. The van der Waals surface area contributed by atoms with Gasteiger partial charge in [0.15, 0.2) is 15.8 Å². The van der Waals surface area contributed by atoms with Crippen LogP contribution in [0, 0.1) is 6.92 Å². The van der Waals surface area contributed by atoms with Crippen LogP contribution in [0.2, 0.25) is 5.02 Å². The molecule has 11 heteroatoms. The second kappa shape index (κ2) is 10.3. The summed E-state index contributed by atoms with van der Waals surface area (Å²) in [7, 11) is 0. The Morgan fingerprint density at radius 3 is 2.69 bits per heavy atom. The molecular weight excluding hydrogens is 482 g/mol. The number of halogens is 3. The molecule has 168 valence electrons. The molecule has 6 nitrogen and oxygen atoms in total. The summed E-state index contributed by atoms with van der Waals surface area (Å²) in [5.74, 6) is -1.13. The summed E-state index contributed by atoms with van der Waals surface area (Å²) in [5, 5.41) is 1.21. The average Bonchev–Trinajstić information content (AvgIpc) is 2.97. The summed E-state index contributed by atoms with van der Waals surface area (Å²) in [5.41, 5.74) is 4.05. The molecule has 2 aromatic rings. The minimum atomic E-state index is -3.00. The Bertz CT molecular complexity index is 1110. The van der Waals surface area contributed by atoms with Gasteiger partial charge in [-0.1, -0.05) is 35.5 Å². The lowest BCUT2D eigenvalue weighted by atomic mass is 10.1. The van der Waals surface area contributed by atoms with E-state index in [2.05, 4.69) is 10.2 Å². The highest BCUT2D eigenvalue weighted by Gasteiger charge is 2.34. The number of alkyl halides is 2. The zero-order valence-electron chi connectivity index (χ0n) is 16.9. The normalized spacial score (nSPS) is 14.9. The molecule has 0 aliphatic carbocycles. The quantitative estimate of drug-likeness (QED) is 0.418. The van der Waals surface area contributed by atoms with E-state index in [0.29, 0.717) is 5.56 Å². The number of rotatable bonds is 7. The summed E-state index contributed by atoms with van der Waals surface area (Å²) in [6.45, 7) is 0.775. The van der Waals surface area contributed by atoms with Crippen LogP contribution in [-0.2, 0) is 4.79 Å².